The molecule has 0 amide bonds. The van der Waals surface area contributed by atoms with Crippen LogP contribution in [-0.2, 0) is 17.8 Å². The normalized spacial score (nSPS) is 10.6. The van der Waals surface area contributed by atoms with Crippen molar-refractivity contribution in [3.05, 3.63) is 11.7 Å². The lowest BCUT2D eigenvalue weighted by molar-refractivity contribution is 0.0981. The second-order valence-corrected chi connectivity index (χ2v) is 2.70. The predicted octanol–water partition coefficient (Wildman–Crippen LogP) is 0.497. The first kappa shape index (κ1) is 10.1. The Balaban J connectivity index is 2.31. The van der Waals surface area contributed by atoms with Crippen LogP contribution in [0.2, 0.25) is 0 Å². The molecule has 1 aromatic heterocycles. The first-order valence-electron chi connectivity index (χ1n) is 4.46. The largest absolute Gasteiger partial charge is 0.372 e. The molecule has 0 aromatic carbocycles. The second kappa shape index (κ2) is 5.66. The number of aromatic nitrogens is 2. The van der Waals surface area contributed by atoms with Crippen molar-refractivity contribution in [3.63, 3.8) is 0 Å². The van der Waals surface area contributed by atoms with E-state index in [1.165, 1.54) is 0 Å². The van der Waals surface area contributed by atoms with E-state index in [1.807, 2.05) is 6.92 Å². The molecule has 1 heterocycles. The van der Waals surface area contributed by atoms with E-state index in [2.05, 4.69) is 10.1 Å². The summed E-state index contributed by atoms with van der Waals surface area (Å²) in [5.74, 6) is 1.18. The Morgan fingerprint density at radius 2 is 2.38 bits per heavy atom. The van der Waals surface area contributed by atoms with Crippen molar-refractivity contribution in [2.75, 3.05) is 13.2 Å². The summed E-state index contributed by atoms with van der Waals surface area (Å²) in [4.78, 5) is 4.09. The van der Waals surface area contributed by atoms with Crippen molar-refractivity contribution < 1.29 is 9.26 Å². The van der Waals surface area contributed by atoms with Gasteiger partial charge in [0.25, 0.3) is 5.89 Å². The first-order chi connectivity index (χ1) is 6.36. The zero-order valence-electron chi connectivity index (χ0n) is 7.82. The minimum atomic E-state index is 0.394. The first-order valence-corrected chi connectivity index (χ1v) is 4.46. The van der Waals surface area contributed by atoms with Crippen LogP contribution >= 0.6 is 0 Å². The molecule has 0 radical (unpaired) electrons. The highest BCUT2D eigenvalue weighted by atomic mass is 16.5. The summed E-state index contributed by atoms with van der Waals surface area (Å²) in [6.07, 6.45) is 1.64. The lowest BCUT2D eigenvalue weighted by Gasteiger charge is -1.95. The van der Waals surface area contributed by atoms with E-state index in [0.717, 1.165) is 6.42 Å². The van der Waals surface area contributed by atoms with Gasteiger partial charge in [-0.05, 0) is 13.0 Å². The van der Waals surface area contributed by atoms with Gasteiger partial charge in [0.1, 0.15) is 6.61 Å². The fourth-order valence-corrected chi connectivity index (χ4v) is 0.883. The Bertz CT molecular complexity index is 237. The van der Waals surface area contributed by atoms with Crippen LogP contribution in [-0.4, -0.2) is 23.3 Å². The third-order valence-corrected chi connectivity index (χ3v) is 1.45. The molecule has 0 atom stereocenters. The van der Waals surface area contributed by atoms with E-state index in [-0.39, 0.29) is 0 Å². The standard InChI is InChI=1S/C8H15N3O2/c1-2-5-12-6-8-10-7(3-4-9)11-13-8/h2-6,9H2,1H3. The SMILES string of the molecule is CCCOCc1nc(CCN)no1. The van der Waals surface area contributed by atoms with Gasteiger partial charge in [0, 0.05) is 13.0 Å². The minimum absolute atomic E-state index is 0.394. The van der Waals surface area contributed by atoms with E-state index in [1.54, 1.807) is 0 Å². The quantitative estimate of drug-likeness (QED) is 0.653. The Kier molecular flexibility index (Phi) is 4.42. The van der Waals surface area contributed by atoms with Gasteiger partial charge in [0.2, 0.25) is 0 Å². The van der Waals surface area contributed by atoms with Crippen LogP contribution in [0.4, 0.5) is 0 Å². The molecule has 0 fully saturated rings. The summed E-state index contributed by atoms with van der Waals surface area (Å²) in [6.45, 7) is 3.70. The highest BCUT2D eigenvalue weighted by Crippen LogP contribution is 1.99. The van der Waals surface area contributed by atoms with Crippen LogP contribution < -0.4 is 5.73 Å². The summed E-state index contributed by atoms with van der Waals surface area (Å²) < 4.78 is 10.2. The average Bonchev–Trinajstić information content (AvgIpc) is 2.54. The molecule has 5 nitrogen and oxygen atoms in total. The van der Waals surface area contributed by atoms with Crippen molar-refractivity contribution in [3.8, 4) is 0 Å². The highest BCUT2D eigenvalue weighted by Gasteiger charge is 2.04. The molecule has 1 aromatic rings. The summed E-state index contributed by atoms with van der Waals surface area (Å²) in [5.41, 5.74) is 5.34. The van der Waals surface area contributed by atoms with Crippen LogP contribution in [0.15, 0.2) is 4.52 Å². The molecular formula is C8H15N3O2. The summed E-state index contributed by atoms with van der Waals surface area (Å²) in [7, 11) is 0. The number of ether oxygens (including phenoxy) is 1. The third-order valence-electron chi connectivity index (χ3n) is 1.45. The van der Waals surface area contributed by atoms with E-state index >= 15 is 0 Å². The smallest absolute Gasteiger partial charge is 0.252 e. The summed E-state index contributed by atoms with van der Waals surface area (Å²) in [6, 6.07) is 0. The molecule has 0 aliphatic carbocycles. The molecule has 1 rings (SSSR count). The lowest BCUT2D eigenvalue weighted by atomic mass is 10.4. The Labute approximate surface area is 77.3 Å². The monoisotopic (exact) mass is 185 g/mol. The number of nitrogens with zero attached hydrogens (tertiary/aromatic N) is 2. The Hall–Kier alpha value is -0.940. The van der Waals surface area contributed by atoms with Crippen LogP contribution in [0.5, 0.6) is 0 Å². The number of hydrogen-bond acceptors (Lipinski definition) is 5. The zero-order valence-corrected chi connectivity index (χ0v) is 7.82. The molecular weight excluding hydrogens is 170 g/mol. The van der Waals surface area contributed by atoms with E-state index in [9.17, 15) is 0 Å². The molecule has 0 saturated heterocycles. The van der Waals surface area contributed by atoms with Gasteiger partial charge in [0.05, 0.1) is 0 Å². The van der Waals surface area contributed by atoms with Gasteiger partial charge in [-0.15, -0.1) is 0 Å². The zero-order chi connectivity index (χ0) is 9.52. The van der Waals surface area contributed by atoms with Crippen molar-refractivity contribution in [1.82, 2.24) is 10.1 Å². The second-order valence-electron chi connectivity index (χ2n) is 2.70. The van der Waals surface area contributed by atoms with Crippen molar-refractivity contribution in [2.45, 2.75) is 26.4 Å². The van der Waals surface area contributed by atoms with Crippen LogP contribution in [0, 0.1) is 0 Å². The highest BCUT2D eigenvalue weighted by molar-refractivity contribution is 4.85. The molecule has 5 heteroatoms. The molecule has 0 aliphatic rings. The van der Waals surface area contributed by atoms with Crippen molar-refractivity contribution in [1.29, 1.82) is 0 Å². The Morgan fingerprint density at radius 1 is 1.54 bits per heavy atom. The maximum atomic E-state index is 5.34. The van der Waals surface area contributed by atoms with Crippen molar-refractivity contribution >= 4 is 0 Å². The van der Waals surface area contributed by atoms with E-state index in [0.29, 0.717) is 37.9 Å². The Morgan fingerprint density at radius 3 is 3.08 bits per heavy atom. The van der Waals surface area contributed by atoms with Crippen LogP contribution in [0.1, 0.15) is 25.1 Å². The molecule has 0 unspecified atom stereocenters. The topological polar surface area (TPSA) is 74.2 Å². The van der Waals surface area contributed by atoms with Gasteiger partial charge >= 0.3 is 0 Å². The van der Waals surface area contributed by atoms with Gasteiger partial charge in [-0.25, -0.2) is 0 Å². The minimum Gasteiger partial charge on any atom is -0.372 e. The molecule has 0 aliphatic heterocycles. The number of rotatable bonds is 6. The van der Waals surface area contributed by atoms with Crippen molar-refractivity contribution in [2.24, 2.45) is 5.73 Å². The molecule has 0 saturated carbocycles. The fraction of sp³-hybridized carbons (Fsp3) is 0.750. The number of nitrogens with two attached hydrogens (primary N) is 1. The molecule has 0 spiro atoms. The molecule has 0 bridgehead atoms. The fourth-order valence-electron chi connectivity index (χ4n) is 0.883. The van der Waals surface area contributed by atoms with Gasteiger partial charge < -0.3 is 15.0 Å². The average molecular weight is 185 g/mol. The van der Waals surface area contributed by atoms with Gasteiger partial charge in [0.15, 0.2) is 5.82 Å². The predicted molar refractivity (Wildman–Crippen MR) is 47.0 cm³/mol. The van der Waals surface area contributed by atoms with Crippen LogP contribution in [0.3, 0.4) is 0 Å². The van der Waals surface area contributed by atoms with Crippen LogP contribution in [0.25, 0.3) is 0 Å². The third kappa shape index (κ3) is 3.52. The molecule has 13 heavy (non-hydrogen) atoms. The summed E-state index contributed by atoms with van der Waals surface area (Å²) >= 11 is 0. The van der Waals surface area contributed by atoms with E-state index < -0.39 is 0 Å². The van der Waals surface area contributed by atoms with Gasteiger partial charge in [-0.2, -0.15) is 4.98 Å². The van der Waals surface area contributed by atoms with E-state index in [4.69, 9.17) is 15.0 Å². The number of hydrogen-bond donors (Lipinski definition) is 1. The van der Waals surface area contributed by atoms with Gasteiger partial charge in [-0.3, -0.25) is 0 Å². The molecule has 2 N–H and O–H groups in total. The maximum absolute atomic E-state index is 5.34. The summed E-state index contributed by atoms with van der Waals surface area (Å²) in [5, 5.41) is 3.74. The molecule has 74 valence electrons. The van der Waals surface area contributed by atoms with Gasteiger partial charge in [-0.1, -0.05) is 12.1 Å². The lowest BCUT2D eigenvalue weighted by Crippen LogP contribution is -2.04. The maximum Gasteiger partial charge on any atom is 0.252 e.